The maximum Gasteiger partial charge on any atom is 0.134 e. The third kappa shape index (κ3) is 2.91. The maximum absolute atomic E-state index is 11.4. The summed E-state index contributed by atoms with van der Waals surface area (Å²) in [6.45, 7) is 2.53. The Balaban J connectivity index is 1.63. The Morgan fingerprint density at radius 2 is 2.04 bits per heavy atom. The van der Waals surface area contributed by atoms with Gasteiger partial charge in [-0.3, -0.25) is 4.79 Å². The van der Waals surface area contributed by atoms with Gasteiger partial charge in [0.05, 0.1) is 6.10 Å². The van der Waals surface area contributed by atoms with Crippen LogP contribution in [0.4, 0.5) is 5.69 Å². The van der Waals surface area contributed by atoms with Crippen LogP contribution in [-0.2, 0) is 16.0 Å². The summed E-state index contributed by atoms with van der Waals surface area (Å²) < 4.78 is 6.14. The van der Waals surface area contributed by atoms with Crippen LogP contribution in [0.5, 0.6) is 0 Å². The number of anilines is 1. The molecule has 1 aliphatic carbocycles. The van der Waals surface area contributed by atoms with E-state index in [-0.39, 0.29) is 11.9 Å². The molecule has 0 amide bonds. The molecule has 4 rings (SSSR count). The van der Waals surface area contributed by atoms with Gasteiger partial charge in [-0.05, 0) is 43.7 Å². The van der Waals surface area contributed by atoms with Crippen LogP contribution >= 0.6 is 0 Å². The van der Waals surface area contributed by atoms with Crippen molar-refractivity contribution in [3.63, 3.8) is 0 Å². The molecule has 3 nitrogen and oxygen atoms in total. The number of Topliss-reactive ketones (excluding diaryl/α,β-unsaturated/α-hetero) is 1. The molecule has 2 aliphatic heterocycles. The first-order valence-electron chi connectivity index (χ1n) is 9.23. The van der Waals surface area contributed by atoms with Crippen LogP contribution in [0.3, 0.4) is 0 Å². The van der Waals surface area contributed by atoms with Crippen LogP contribution in [0.25, 0.3) is 0 Å². The number of ether oxygens (including phenoxy) is 1. The number of hydrogen-bond acceptors (Lipinski definition) is 3. The zero-order valence-electron chi connectivity index (χ0n) is 14.0. The summed E-state index contributed by atoms with van der Waals surface area (Å²) in [5.41, 5.74) is 3.62. The maximum atomic E-state index is 11.4. The minimum Gasteiger partial charge on any atom is -0.381 e. The number of nitrogens with one attached hydrogen (secondary N) is 1. The lowest BCUT2D eigenvalue weighted by Gasteiger charge is -2.42. The molecule has 1 aromatic carbocycles. The van der Waals surface area contributed by atoms with Crippen molar-refractivity contribution in [2.45, 2.75) is 64.0 Å². The zero-order valence-corrected chi connectivity index (χ0v) is 14.0. The summed E-state index contributed by atoms with van der Waals surface area (Å²) in [6, 6.07) is 7.03. The predicted octanol–water partition coefficient (Wildman–Crippen LogP) is 4.27. The normalized spacial score (nSPS) is 30.4. The van der Waals surface area contributed by atoms with Gasteiger partial charge in [0.2, 0.25) is 0 Å². The van der Waals surface area contributed by atoms with E-state index in [2.05, 4.69) is 23.5 Å². The Kier molecular flexibility index (Phi) is 4.14. The summed E-state index contributed by atoms with van der Waals surface area (Å²) >= 11 is 0. The first-order chi connectivity index (χ1) is 11.2. The molecule has 0 bridgehead atoms. The molecule has 0 radical (unpaired) electrons. The van der Waals surface area contributed by atoms with Crippen LogP contribution in [0.2, 0.25) is 0 Å². The van der Waals surface area contributed by atoms with Gasteiger partial charge in [-0.2, -0.15) is 0 Å². The standard InChI is InChI=1S/C20H27NO2/c1-13(22)11-14-7-8-18-17(12-14)20-16(9-10-23-20)19(21-18)15-5-3-2-4-6-15/h7-8,12,15-16,19-21H,2-6,9-11H2,1H3/t16-,19+,20-/m0/s1. The van der Waals surface area contributed by atoms with E-state index >= 15 is 0 Å². The van der Waals surface area contributed by atoms with Gasteiger partial charge in [-0.15, -0.1) is 0 Å². The Morgan fingerprint density at radius 3 is 2.83 bits per heavy atom. The minimum atomic E-state index is 0.220. The number of hydrogen-bond donors (Lipinski definition) is 1. The van der Waals surface area contributed by atoms with Crippen LogP contribution in [0, 0.1) is 11.8 Å². The molecule has 0 spiro atoms. The lowest BCUT2D eigenvalue weighted by molar-refractivity contribution is -0.116. The number of rotatable bonds is 3. The molecule has 1 saturated heterocycles. The van der Waals surface area contributed by atoms with Gasteiger partial charge in [-0.1, -0.05) is 31.4 Å². The molecule has 3 aliphatic rings. The monoisotopic (exact) mass is 313 g/mol. The zero-order chi connectivity index (χ0) is 15.8. The Morgan fingerprint density at radius 1 is 1.22 bits per heavy atom. The lowest BCUT2D eigenvalue weighted by Crippen LogP contribution is -2.42. The average molecular weight is 313 g/mol. The van der Waals surface area contributed by atoms with Crippen molar-refractivity contribution in [1.29, 1.82) is 0 Å². The summed E-state index contributed by atoms with van der Waals surface area (Å²) in [6.07, 6.45) is 8.80. The summed E-state index contributed by atoms with van der Waals surface area (Å²) in [4.78, 5) is 11.4. The molecule has 0 aromatic heterocycles. The molecule has 3 heteroatoms. The molecule has 124 valence electrons. The second kappa shape index (κ2) is 6.27. The lowest BCUT2D eigenvalue weighted by atomic mass is 9.73. The third-order valence-corrected chi connectivity index (χ3v) is 5.95. The Bertz CT molecular complexity index is 591. The van der Waals surface area contributed by atoms with Crippen molar-refractivity contribution in [2.24, 2.45) is 11.8 Å². The Labute approximate surface area is 138 Å². The van der Waals surface area contributed by atoms with Gasteiger partial charge < -0.3 is 10.1 Å². The summed E-state index contributed by atoms with van der Waals surface area (Å²) in [7, 11) is 0. The molecule has 2 heterocycles. The molecule has 3 atom stereocenters. The van der Waals surface area contributed by atoms with Crippen LogP contribution in [0.15, 0.2) is 18.2 Å². The van der Waals surface area contributed by atoms with Gasteiger partial charge in [0.25, 0.3) is 0 Å². The smallest absolute Gasteiger partial charge is 0.134 e. The van der Waals surface area contributed by atoms with Crippen molar-refractivity contribution in [1.82, 2.24) is 0 Å². The van der Waals surface area contributed by atoms with E-state index in [1.807, 2.05) is 0 Å². The molecule has 1 N–H and O–H groups in total. The average Bonchev–Trinajstić information content (AvgIpc) is 3.04. The fourth-order valence-corrected chi connectivity index (χ4v) is 4.92. The summed E-state index contributed by atoms with van der Waals surface area (Å²) in [5, 5.41) is 3.85. The van der Waals surface area contributed by atoms with Crippen LogP contribution in [0.1, 0.15) is 62.7 Å². The van der Waals surface area contributed by atoms with E-state index in [4.69, 9.17) is 4.74 Å². The van der Waals surface area contributed by atoms with E-state index in [1.54, 1.807) is 6.92 Å². The quantitative estimate of drug-likeness (QED) is 0.905. The second-order valence-electron chi connectivity index (χ2n) is 7.61. The number of carbonyl (C=O) groups excluding carboxylic acids is 1. The van der Waals surface area contributed by atoms with Gasteiger partial charge in [0, 0.05) is 36.2 Å². The van der Waals surface area contributed by atoms with Crippen LogP contribution < -0.4 is 5.32 Å². The molecule has 1 saturated carbocycles. The SMILES string of the molecule is CC(=O)Cc1ccc2c(c1)[C@H]1OCC[C@H]1[C@@H](C1CCCCC1)N2. The van der Waals surface area contributed by atoms with Gasteiger partial charge >= 0.3 is 0 Å². The molecule has 23 heavy (non-hydrogen) atoms. The number of carbonyl (C=O) groups is 1. The van der Waals surface area contributed by atoms with Gasteiger partial charge in [0.1, 0.15) is 5.78 Å². The largest absolute Gasteiger partial charge is 0.381 e. The number of fused-ring (bicyclic) bond motifs is 3. The number of ketones is 1. The highest BCUT2D eigenvalue weighted by Gasteiger charge is 2.43. The van der Waals surface area contributed by atoms with Crippen molar-refractivity contribution in [3.8, 4) is 0 Å². The van der Waals surface area contributed by atoms with Gasteiger partial charge in [-0.25, -0.2) is 0 Å². The van der Waals surface area contributed by atoms with Crippen molar-refractivity contribution < 1.29 is 9.53 Å². The van der Waals surface area contributed by atoms with Crippen molar-refractivity contribution in [3.05, 3.63) is 29.3 Å². The molecule has 1 aromatic rings. The minimum absolute atomic E-state index is 0.220. The van der Waals surface area contributed by atoms with E-state index < -0.39 is 0 Å². The first kappa shape index (κ1) is 15.2. The highest BCUT2D eigenvalue weighted by molar-refractivity contribution is 5.78. The molecule has 2 fully saturated rings. The van der Waals surface area contributed by atoms with Crippen LogP contribution in [-0.4, -0.2) is 18.4 Å². The molecular weight excluding hydrogens is 286 g/mol. The predicted molar refractivity (Wildman–Crippen MR) is 91.6 cm³/mol. The van der Waals surface area contributed by atoms with E-state index in [0.717, 1.165) is 24.5 Å². The first-order valence-corrected chi connectivity index (χ1v) is 9.23. The van der Waals surface area contributed by atoms with Gasteiger partial charge in [0.15, 0.2) is 0 Å². The highest BCUT2D eigenvalue weighted by Crippen LogP contribution is 2.48. The topological polar surface area (TPSA) is 38.3 Å². The number of benzene rings is 1. The fraction of sp³-hybridized carbons (Fsp3) is 0.650. The highest BCUT2D eigenvalue weighted by atomic mass is 16.5. The van der Waals surface area contributed by atoms with E-state index in [1.165, 1.54) is 43.4 Å². The second-order valence-corrected chi connectivity index (χ2v) is 7.61. The molecular formula is C20H27NO2. The third-order valence-electron chi connectivity index (χ3n) is 5.95. The van der Waals surface area contributed by atoms with Crippen molar-refractivity contribution in [2.75, 3.05) is 11.9 Å². The van der Waals surface area contributed by atoms with E-state index in [9.17, 15) is 4.79 Å². The van der Waals surface area contributed by atoms with Crippen molar-refractivity contribution >= 4 is 11.5 Å². The molecule has 0 unspecified atom stereocenters. The fourth-order valence-electron chi connectivity index (χ4n) is 4.92. The Hall–Kier alpha value is -1.35. The van der Waals surface area contributed by atoms with E-state index in [0.29, 0.717) is 18.4 Å². The summed E-state index contributed by atoms with van der Waals surface area (Å²) in [5.74, 6) is 1.61.